The Balaban J connectivity index is 2.11. The number of nitrogens with zero attached hydrogens (tertiary/aromatic N) is 1. The van der Waals surface area contributed by atoms with Gasteiger partial charge in [-0.15, -0.1) is 0 Å². The summed E-state index contributed by atoms with van der Waals surface area (Å²) in [5.74, 6) is -0.892. The van der Waals surface area contributed by atoms with Gasteiger partial charge in [0.25, 0.3) is 0 Å². The van der Waals surface area contributed by atoms with Gasteiger partial charge in [0.15, 0.2) is 0 Å². The van der Waals surface area contributed by atoms with Crippen LogP contribution in [0.1, 0.15) is 23.0 Å². The Morgan fingerprint density at radius 1 is 1.60 bits per heavy atom. The summed E-state index contributed by atoms with van der Waals surface area (Å²) in [6.45, 7) is 3.97. The van der Waals surface area contributed by atoms with Gasteiger partial charge in [-0.2, -0.15) is 0 Å². The van der Waals surface area contributed by atoms with Gasteiger partial charge in [-0.25, -0.2) is 4.79 Å². The van der Waals surface area contributed by atoms with Crippen molar-refractivity contribution in [2.75, 3.05) is 26.2 Å². The van der Waals surface area contributed by atoms with Gasteiger partial charge in [-0.05, 0) is 13.0 Å². The van der Waals surface area contributed by atoms with Gasteiger partial charge in [0.1, 0.15) is 17.4 Å². The molecule has 0 aromatic carbocycles. The Hall–Kier alpha value is -1.86. The average molecular weight is 282 g/mol. The number of nitrogens with one attached hydrogen (secondary N) is 1. The van der Waals surface area contributed by atoms with Gasteiger partial charge in [0, 0.05) is 19.6 Å². The predicted octanol–water partition coefficient (Wildman–Crippen LogP) is 0.315. The van der Waals surface area contributed by atoms with Crippen molar-refractivity contribution < 1.29 is 23.8 Å². The van der Waals surface area contributed by atoms with Gasteiger partial charge in [-0.1, -0.05) is 0 Å². The third kappa shape index (κ3) is 3.17. The number of piperazine rings is 1. The van der Waals surface area contributed by atoms with E-state index in [0.717, 1.165) is 0 Å². The van der Waals surface area contributed by atoms with E-state index in [1.54, 1.807) is 17.9 Å². The number of ether oxygens (including phenoxy) is 1. The van der Waals surface area contributed by atoms with E-state index in [2.05, 4.69) is 5.32 Å². The molecule has 20 heavy (non-hydrogen) atoms. The fraction of sp³-hybridized carbons (Fsp3) is 0.538. The van der Waals surface area contributed by atoms with Crippen LogP contribution in [-0.2, 0) is 16.1 Å². The average Bonchev–Trinajstić information content (AvgIpc) is 2.87. The highest BCUT2D eigenvalue weighted by Gasteiger charge is 2.30. The van der Waals surface area contributed by atoms with Crippen molar-refractivity contribution in [3.8, 4) is 0 Å². The van der Waals surface area contributed by atoms with E-state index < -0.39 is 18.0 Å². The van der Waals surface area contributed by atoms with E-state index in [9.17, 15) is 14.7 Å². The number of carboxylic acid groups (broad SMARTS) is 1. The number of aliphatic carboxylic acids is 1. The Labute approximate surface area is 116 Å². The van der Waals surface area contributed by atoms with Crippen LogP contribution < -0.4 is 5.32 Å². The maximum atomic E-state index is 11.8. The van der Waals surface area contributed by atoms with Crippen LogP contribution in [0.4, 0.5) is 0 Å². The lowest BCUT2D eigenvalue weighted by Crippen LogP contribution is -2.54. The second-order valence-corrected chi connectivity index (χ2v) is 4.51. The predicted molar refractivity (Wildman–Crippen MR) is 69.4 cm³/mol. The molecule has 0 radical (unpaired) electrons. The van der Waals surface area contributed by atoms with Crippen molar-refractivity contribution in [3.05, 3.63) is 23.7 Å². The summed E-state index contributed by atoms with van der Waals surface area (Å²) in [5.41, 5.74) is 0.356. The molecule has 0 bridgehead atoms. The first kappa shape index (κ1) is 14.5. The smallest absolute Gasteiger partial charge is 0.341 e. The molecule has 0 aliphatic carbocycles. The molecule has 1 atom stereocenters. The van der Waals surface area contributed by atoms with Crippen LogP contribution in [0.3, 0.4) is 0 Å². The third-order valence-corrected chi connectivity index (χ3v) is 3.23. The monoisotopic (exact) mass is 282 g/mol. The zero-order valence-electron chi connectivity index (χ0n) is 11.3. The largest absolute Gasteiger partial charge is 0.480 e. The highest BCUT2D eigenvalue weighted by molar-refractivity contribution is 5.90. The number of carbonyl (C=O) groups excluding carboxylic acids is 1. The van der Waals surface area contributed by atoms with Crippen LogP contribution in [-0.4, -0.2) is 54.2 Å². The van der Waals surface area contributed by atoms with Crippen LogP contribution in [0.2, 0.25) is 0 Å². The van der Waals surface area contributed by atoms with Crippen LogP contribution in [0.15, 0.2) is 16.7 Å². The Morgan fingerprint density at radius 2 is 2.40 bits per heavy atom. The molecule has 1 aromatic heterocycles. The van der Waals surface area contributed by atoms with E-state index in [1.165, 1.54) is 6.26 Å². The minimum Gasteiger partial charge on any atom is -0.480 e. The topological polar surface area (TPSA) is 92.0 Å². The summed E-state index contributed by atoms with van der Waals surface area (Å²) in [7, 11) is 0. The standard InChI is InChI=1S/C13H18N2O5/c1-2-19-13(18)9-3-6-20-11(9)8-15-5-4-14-7-10(15)12(16)17/h3,6,10,14H,2,4-5,7-8H2,1H3,(H,16,17). The number of esters is 1. The molecule has 1 unspecified atom stereocenters. The van der Waals surface area contributed by atoms with E-state index in [0.29, 0.717) is 31.0 Å². The molecule has 2 heterocycles. The number of hydrogen-bond acceptors (Lipinski definition) is 6. The third-order valence-electron chi connectivity index (χ3n) is 3.23. The fourth-order valence-corrected chi connectivity index (χ4v) is 2.22. The first-order valence-corrected chi connectivity index (χ1v) is 6.54. The number of furan rings is 1. The summed E-state index contributed by atoms with van der Waals surface area (Å²) < 4.78 is 10.3. The second kappa shape index (κ2) is 6.53. The molecule has 110 valence electrons. The van der Waals surface area contributed by atoms with Crippen molar-refractivity contribution in [1.82, 2.24) is 10.2 Å². The summed E-state index contributed by atoms with van der Waals surface area (Å²) in [5, 5.41) is 12.2. The maximum Gasteiger partial charge on any atom is 0.341 e. The molecule has 7 heteroatoms. The first-order valence-electron chi connectivity index (χ1n) is 6.54. The molecular formula is C13H18N2O5. The molecular weight excluding hydrogens is 264 g/mol. The van der Waals surface area contributed by atoms with E-state index >= 15 is 0 Å². The highest BCUT2D eigenvalue weighted by atomic mass is 16.5. The molecule has 1 fully saturated rings. The molecule has 1 aliphatic rings. The quantitative estimate of drug-likeness (QED) is 0.751. The highest BCUT2D eigenvalue weighted by Crippen LogP contribution is 2.17. The number of hydrogen-bond donors (Lipinski definition) is 2. The van der Waals surface area contributed by atoms with Gasteiger partial charge in [0.2, 0.25) is 0 Å². The van der Waals surface area contributed by atoms with E-state index in [1.807, 2.05) is 0 Å². The molecule has 2 N–H and O–H groups in total. The van der Waals surface area contributed by atoms with Gasteiger partial charge >= 0.3 is 11.9 Å². The Morgan fingerprint density at radius 3 is 3.10 bits per heavy atom. The van der Waals surface area contributed by atoms with Gasteiger partial charge in [-0.3, -0.25) is 9.69 Å². The lowest BCUT2D eigenvalue weighted by molar-refractivity contribution is -0.144. The number of carbonyl (C=O) groups is 2. The van der Waals surface area contributed by atoms with Crippen molar-refractivity contribution >= 4 is 11.9 Å². The van der Waals surface area contributed by atoms with Crippen LogP contribution in [0, 0.1) is 0 Å². The summed E-state index contributed by atoms with van der Waals surface area (Å²) in [4.78, 5) is 24.7. The van der Waals surface area contributed by atoms with Crippen LogP contribution >= 0.6 is 0 Å². The first-order chi connectivity index (χ1) is 9.63. The van der Waals surface area contributed by atoms with E-state index in [-0.39, 0.29) is 13.2 Å². The van der Waals surface area contributed by atoms with Crippen molar-refractivity contribution in [3.63, 3.8) is 0 Å². The molecule has 1 aromatic rings. The molecule has 1 saturated heterocycles. The molecule has 1 aliphatic heterocycles. The summed E-state index contributed by atoms with van der Waals surface area (Å²) >= 11 is 0. The zero-order valence-corrected chi connectivity index (χ0v) is 11.3. The van der Waals surface area contributed by atoms with Gasteiger partial charge < -0.3 is 19.6 Å². The Bertz CT molecular complexity index is 485. The van der Waals surface area contributed by atoms with Crippen molar-refractivity contribution in [2.24, 2.45) is 0 Å². The molecule has 2 rings (SSSR count). The van der Waals surface area contributed by atoms with Crippen LogP contribution in [0.5, 0.6) is 0 Å². The fourth-order valence-electron chi connectivity index (χ4n) is 2.22. The molecule has 0 spiro atoms. The van der Waals surface area contributed by atoms with E-state index in [4.69, 9.17) is 9.15 Å². The van der Waals surface area contributed by atoms with Crippen molar-refractivity contribution in [2.45, 2.75) is 19.5 Å². The minimum absolute atomic E-state index is 0.278. The maximum absolute atomic E-state index is 11.8. The normalized spacial score (nSPS) is 19.8. The SMILES string of the molecule is CCOC(=O)c1ccoc1CN1CCNCC1C(=O)O. The minimum atomic E-state index is -0.888. The second-order valence-electron chi connectivity index (χ2n) is 4.51. The number of rotatable bonds is 5. The molecule has 0 saturated carbocycles. The summed E-state index contributed by atoms with van der Waals surface area (Å²) in [6.07, 6.45) is 1.42. The Kier molecular flexibility index (Phi) is 4.75. The lowest BCUT2D eigenvalue weighted by atomic mass is 10.1. The molecule has 0 amide bonds. The van der Waals surface area contributed by atoms with Gasteiger partial charge in [0.05, 0.1) is 19.4 Å². The summed E-state index contributed by atoms with van der Waals surface area (Å²) in [6, 6.07) is 0.926. The number of carboxylic acids is 1. The zero-order chi connectivity index (χ0) is 14.5. The molecule has 7 nitrogen and oxygen atoms in total. The lowest BCUT2D eigenvalue weighted by Gasteiger charge is -2.32. The van der Waals surface area contributed by atoms with Crippen LogP contribution in [0.25, 0.3) is 0 Å². The van der Waals surface area contributed by atoms with Crippen molar-refractivity contribution in [1.29, 1.82) is 0 Å².